The van der Waals surface area contributed by atoms with Crippen LogP contribution in [-0.4, -0.2) is 10.9 Å². The van der Waals surface area contributed by atoms with Gasteiger partial charge in [0.25, 0.3) is 5.91 Å². The Morgan fingerprint density at radius 1 is 1.32 bits per heavy atom. The van der Waals surface area contributed by atoms with Crippen molar-refractivity contribution >= 4 is 56.4 Å². The van der Waals surface area contributed by atoms with Gasteiger partial charge in [-0.05, 0) is 18.2 Å². The van der Waals surface area contributed by atoms with Crippen LogP contribution in [0.2, 0.25) is 10.0 Å². The van der Waals surface area contributed by atoms with Gasteiger partial charge < -0.3 is 11.1 Å². The highest BCUT2D eigenvalue weighted by Gasteiger charge is 2.14. The summed E-state index contributed by atoms with van der Waals surface area (Å²) in [6.07, 6.45) is 2.89. The Kier molecular flexibility index (Phi) is 4.29. The van der Waals surface area contributed by atoms with E-state index >= 15 is 0 Å². The maximum atomic E-state index is 12.1. The number of anilines is 2. The van der Waals surface area contributed by atoms with Crippen LogP contribution in [0.1, 0.15) is 10.4 Å². The molecule has 0 bridgehead atoms. The number of carbonyl (C=O) groups excluding carboxylic acids is 1. The summed E-state index contributed by atoms with van der Waals surface area (Å²) in [4.78, 5) is 15.9. The number of nitrogens with zero attached hydrogens (tertiary/aromatic N) is 1. The minimum Gasteiger partial charge on any atom is -0.398 e. The van der Waals surface area contributed by atoms with Gasteiger partial charge in [-0.15, -0.1) is 0 Å². The maximum absolute atomic E-state index is 12.1. The number of rotatable bonds is 2. The Labute approximate surface area is 128 Å². The molecule has 3 N–H and O–H groups in total. The molecule has 2 aromatic rings. The quantitative estimate of drug-likeness (QED) is 0.850. The third-order valence-corrected chi connectivity index (χ3v) is 3.40. The average Bonchev–Trinajstić information content (AvgIpc) is 2.34. The molecule has 1 aromatic carbocycles. The second-order valence-electron chi connectivity index (χ2n) is 3.66. The molecule has 0 aliphatic heterocycles. The van der Waals surface area contributed by atoms with Gasteiger partial charge in [0.1, 0.15) is 0 Å². The zero-order valence-corrected chi connectivity index (χ0v) is 12.6. The first-order valence-electron chi connectivity index (χ1n) is 5.14. The summed E-state index contributed by atoms with van der Waals surface area (Å²) in [6, 6.07) is 4.81. The topological polar surface area (TPSA) is 68.0 Å². The number of nitrogens with one attached hydrogen (secondary N) is 1. The summed E-state index contributed by atoms with van der Waals surface area (Å²) < 4.78 is 0.724. The molecule has 1 aromatic heterocycles. The zero-order chi connectivity index (χ0) is 14.0. The Bertz CT molecular complexity index is 626. The van der Waals surface area contributed by atoms with Gasteiger partial charge in [-0.25, -0.2) is 0 Å². The van der Waals surface area contributed by atoms with Crippen molar-refractivity contribution in [1.82, 2.24) is 4.98 Å². The largest absolute Gasteiger partial charge is 0.398 e. The van der Waals surface area contributed by atoms with Crippen molar-refractivity contribution < 1.29 is 4.79 Å². The maximum Gasteiger partial charge on any atom is 0.259 e. The van der Waals surface area contributed by atoms with Crippen LogP contribution in [0.3, 0.4) is 0 Å². The number of amides is 1. The fourth-order valence-corrected chi connectivity index (χ4v) is 2.74. The molecule has 1 amide bonds. The SMILES string of the molecule is Nc1ccncc1C(=O)Nc1c(Cl)cc(Br)cc1Cl. The summed E-state index contributed by atoms with van der Waals surface area (Å²) in [5, 5.41) is 3.28. The predicted molar refractivity (Wildman–Crippen MR) is 80.8 cm³/mol. The van der Waals surface area contributed by atoms with Gasteiger partial charge in [-0.2, -0.15) is 0 Å². The molecule has 0 aliphatic rings. The van der Waals surface area contributed by atoms with Crippen molar-refractivity contribution in [2.45, 2.75) is 0 Å². The van der Waals surface area contributed by atoms with Crippen molar-refractivity contribution in [1.29, 1.82) is 0 Å². The van der Waals surface area contributed by atoms with Crippen LogP contribution in [0, 0.1) is 0 Å². The summed E-state index contributed by atoms with van der Waals surface area (Å²) in [5.41, 5.74) is 6.63. The first-order chi connectivity index (χ1) is 8.99. The Morgan fingerprint density at radius 3 is 2.53 bits per heavy atom. The van der Waals surface area contributed by atoms with E-state index in [1.807, 2.05) is 0 Å². The monoisotopic (exact) mass is 359 g/mol. The van der Waals surface area contributed by atoms with Crippen molar-refractivity contribution in [2.75, 3.05) is 11.1 Å². The molecule has 0 aliphatic carbocycles. The fraction of sp³-hybridized carbons (Fsp3) is 0. The Morgan fingerprint density at radius 2 is 1.95 bits per heavy atom. The van der Waals surface area contributed by atoms with Crippen LogP contribution < -0.4 is 11.1 Å². The number of nitrogens with two attached hydrogens (primary N) is 1. The highest BCUT2D eigenvalue weighted by molar-refractivity contribution is 9.10. The van der Waals surface area contributed by atoms with Crippen LogP contribution in [-0.2, 0) is 0 Å². The van der Waals surface area contributed by atoms with E-state index in [0.717, 1.165) is 4.47 Å². The van der Waals surface area contributed by atoms with Crippen LogP contribution >= 0.6 is 39.1 Å². The molecule has 4 nitrogen and oxygen atoms in total. The number of aromatic nitrogens is 1. The van der Waals surface area contributed by atoms with Gasteiger partial charge in [0, 0.05) is 22.6 Å². The molecule has 0 saturated carbocycles. The van der Waals surface area contributed by atoms with Gasteiger partial charge in [0.2, 0.25) is 0 Å². The molecular weight excluding hydrogens is 353 g/mol. The predicted octanol–water partition coefficient (Wildman–Crippen LogP) is 3.99. The molecule has 0 fully saturated rings. The van der Waals surface area contributed by atoms with Gasteiger partial charge in [-0.3, -0.25) is 9.78 Å². The third kappa shape index (κ3) is 3.18. The summed E-state index contributed by atoms with van der Waals surface area (Å²) in [7, 11) is 0. The lowest BCUT2D eigenvalue weighted by Crippen LogP contribution is -2.15. The van der Waals surface area contributed by atoms with Crippen molar-refractivity contribution in [3.05, 3.63) is 50.7 Å². The summed E-state index contributed by atoms with van der Waals surface area (Å²) in [5.74, 6) is -0.420. The summed E-state index contributed by atoms with van der Waals surface area (Å²) in [6.45, 7) is 0. The number of halogens is 3. The van der Waals surface area contributed by atoms with E-state index in [1.165, 1.54) is 12.4 Å². The molecule has 2 rings (SSSR count). The molecule has 0 spiro atoms. The van der Waals surface area contributed by atoms with Crippen LogP contribution in [0.5, 0.6) is 0 Å². The molecule has 98 valence electrons. The van der Waals surface area contributed by atoms with E-state index in [9.17, 15) is 4.79 Å². The highest BCUT2D eigenvalue weighted by atomic mass is 79.9. The standard InChI is InChI=1S/C12H8BrCl2N3O/c13-6-3-8(14)11(9(15)4-6)18-12(19)7-5-17-2-1-10(7)16/h1-5H,(H2,16,17)(H,18,19). The number of nitrogen functional groups attached to an aromatic ring is 1. The number of hydrogen-bond acceptors (Lipinski definition) is 3. The van der Waals surface area contributed by atoms with Crippen molar-refractivity contribution in [2.24, 2.45) is 0 Å². The normalized spacial score (nSPS) is 10.3. The highest BCUT2D eigenvalue weighted by Crippen LogP contribution is 2.34. The molecule has 0 unspecified atom stereocenters. The molecule has 1 heterocycles. The molecule has 0 saturated heterocycles. The molecule has 0 radical (unpaired) electrons. The summed E-state index contributed by atoms with van der Waals surface area (Å²) >= 11 is 15.3. The number of hydrogen-bond donors (Lipinski definition) is 2. The van der Waals surface area contributed by atoms with E-state index in [4.69, 9.17) is 28.9 Å². The smallest absolute Gasteiger partial charge is 0.259 e. The lowest BCUT2D eigenvalue weighted by atomic mass is 10.2. The van der Waals surface area contributed by atoms with E-state index in [2.05, 4.69) is 26.2 Å². The fourth-order valence-electron chi connectivity index (χ4n) is 1.44. The van der Waals surface area contributed by atoms with Crippen molar-refractivity contribution in [3.63, 3.8) is 0 Å². The lowest BCUT2D eigenvalue weighted by Gasteiger charge is -2.10. The van der Waals surface area contributed by atoms with Gasteiger partial charge in [0.15, 0.2) is 0 Å². The second kappa shape index (κ2) is 5.77. The van der Waals surface area contributed by atoms with E-state index in [-0.39, 0.29) is 5.56 Å². The average molecular weight is 361 g/mol. The zero-order valence-electron chi connectivity index (χ0n) is 9.45. The Hall–Kier alpha value is -1.30. The minimum atomic E-state index is -0.420. The number of carbonyl (C=O) groups is 1. The molecule has 19 heavy (non-hydrogen) atoms. The van der Waals surface area contributed by atoms with Crippen molar-refractivity contribution in [3.8, 4) is 0 Å². The molecule has 0 atom stereocenters. The molecule has 7 heteroatoms. The van der Waals surface area contributed by atoms with Crippen LogP contribution in [0.15, 0.2) is 35.1 Å². The van der Waals surface area contributed by atoms with E-state index in [1.54, 1.807) is 18.2 Å². The lowest BCUT2D eigenvalue weighted by molar-refractivity contribution is 0.102. The van der Waals surface area contributed by atoms with E-state index < -0.39 is 5.91 Å². The molecular formula is C12H8BrCl2N3O. The first kappa shape index (κ1) is 14.1. The third-order valence-electron chi connectivity index (χ3n) is 2.34. The number of benzene rings is 1. The minimum absolute atomic E-state index is 0.262. The van der Waals surface area contributed by atoms with Gasteiger partial charge >= 0.3 is 0 Å². The van der Waals surface area contributed by atoms with Gasteiger partial charge in [0.05, 0.1) is 21.3 Å². The van der Waals surface area contributed by atoms with E-state index in [0.29, 0.717) is 21.4 Å². The first-order valence-corrected chi connectivity index (χ1v) is 6.69. The van der Waals surface area contributed by atoms with Gasteiger partial charge in [-0.1, -0.05) is 39.1 Å². The second-order valence-corrected chi connectivity index (χ2v) is 5.39. The Balaban J connectivity index is 2.32. The van der Waals surface area contributed by atoms with Crippen LogP contribution in [0.4, 0.5) is 11.4 Å². The number of pyridine rings is 1. The van der Waals surface area contributed by atoms with Crippen LogP contribution in [0.25, 0.3) is 0 Å².